The van der Waals surface area contributed by atoms with Gasteiger partial charge in [0.15, 0.2) is 0 Å². The Morgan fingerprint density at radius 1 is 0.676 bits per heavy atom. The van der Waals surface area contributed by atoms with E-state index in [9.17, 15) is 19.2 Å². The predicted octanol–water partition coefficient (Wildman–Crippen LogP) is 5.40. The summed E-state index contributed by atoms with van der Waals surface area (Å²) in [5, 5.41) is 16.9. The minimum Gasteiger partial charge on any atom is -0.474 e. The van der Waals surface area contributed by atoms with Gasteiger partial charge in [0, 0.05) is 76.3 Å². The maximum absolute atomic E-state index is 13.3. The highest BCUT2D eigenvalue weighted by Gasteiger charge is 2.35. The molecule has 0 bridgehead atoms. The number of nitrogen functional groups attached to an aromatic ring is 2. The summed E-state index contributed by atoms with van der Waals surface area (Å²) in [6.45, 7) is 20.8. The van der Waals surface area contributed by atoms with Gasteiger partial charge in [0.05, 0.1) is 29.8 Å². The summed E-state index contributed by atoms with van der Waals surface area (Å²) in [7, 11) is 4.36. The first kappa shape index (κ1) is 51.1. The van der Waals surface area contributed by atoms with Gasteiger partial charge in [-0.1, -0.05) is 45.0 Å². The first-order valence-corrected chi connectivity index (χ1v) is 23.9. The number of anilines is 6. The van der Waals surface area contributed by atoms with Crippen LogP contribution in [-0.2, 0) is 19.2 Å². The molecule has 5 atom stereocenters. The van der Waals surface area contributed by atoms with E-state index >= 15 is 0 Å². The molecular formula is C51H72N12O5. The smallest absolute Gasteiger partial charge is 0.394 e. The molecule has 4 saturated heterocycles. The highest BCUT2D eigenvalue weighted by molar-refractivity contribution is 6.39. The lowest BCUT2D eigenvalue weighted by Gasteiger charge is -2.39. The molecule has 8 rings (SSSR count). The van der Waals surface area contributed by atoms with Gasteiger partial charge in [-0.2, -0.15) is 0 Å². The number of pyridine rings is 2. The third kappa shape index (κ3) is 13.9. The van der Waals surface area contributed by atoms with Crippen LogP contribution in [0.5, 0.6) is 0 Å². The van der Waals surface area contributed by atoms with Crippen molar-refractivity contribution in [1.82, 2.24) is 30.0 Å². The van der Waals surface area contributed by atoms with Crippen molar-refractivity contribution in [2.45, 2.75) is 66.0 Å². The third-order valence-corrected chi connectivity index (χ3v) is 13.7. The van der Waals surface area contributed by atoms with Crippen LogP contribution in [0.2, 0.25) is 0 Å². The summed E-state index contributed by atoms with van der Waals surface area (Å²) in [4.78, 5) is 66.3. The number of likely N-dealkylation sites (tertiary alicyclic amines) is 1. The molecule has 6 heterocycles. The fraction of sp³-hybridized carbons (Fsp3) is 0.490. The zero-order chi connectivity index (χ0) is 49.1. The van der Waals surface area contributed by atoms with Gasteiger partial charge in [0.1, 0.15) is 11.6 Å². The van der Waals surface area contributed by atoms with E-state index in [-0.39, 0.29) is 6.04 Å². The Balaban J connectivity index is 0.000000185. The second-order valence-electron chi connectivity index (χ2n) is 19.1. The lowest BCUT2D eigenvalue weighted by Crippen LogP contribution is -2.46. The van der Waals surface area contributed by atoms with Crippen molar-refractivity contribution in [2.24, 2.45) is 17.8 Å². The predicted molar refractivity (Wildman–Crippen MR) is 271 cm³/mol. The summed E-state index contributed by atoms with van der Waals surface area (Å²) >= 11 is 0. The fourth-order valence-corrected chi connectivity index (χ4v) is 9.00. The number of hydrogen-bond donors (Lipinski definition) is 6. The normalized spacial score (nSPS) is 22.2. The number of piperazine rings is 2. The van der Waals surface area contributed by atoms with Crippen molar-refractivity contribution in [3.8, 4) is 0 Å². The van der Waals surface area contributed by atoms with Crippen molar-refractivity contribution in [3.63, 3.8) is 0 Å². The molecule has 4 aromatic rings. The quantitative estimate of drug-likeness (QED) is 0.134. The molecule has 4 aliphatic rings. The molecule has 0 saturated carbocycles. The Bertz CT molecular complexity index is 2370. The van der Waals surface area contributed by atoms with Gasteiger partial charge in [-0.05, 0) is 130 Å². The number of hydrogen-bond acceptors (Lipinski definition) is 13. The van der Waals surface area contributed by atoms with Crippen LogP contribution in [0.3, 0.4) is 0 Å². The lowest BCUT2D eigenvalue weighted by atomic mass is 9.83. The second kappa shape index (κ2) is 23.6. The number of aryl methyl sites for hydroxylation is 2. The number of likely N-dealkylation sites (N-methyl/N-ethyl adjacent to an activating group) is 2. The van der Waals surface area contributed by atoms with E-state index < -0.39 is 23.7 Å². The number of carboxylic acid groups (broad SMARTS) is 1. The van der Waals surface area contributed by atoms with Crippen molar-refractivity contribution in [1.29, 1.82) is 0 Å². The number of carbonyl (C=O) groups excluding carboxylic acids is 3. The van der Waals surface area contributed by atoms with E-state index in [0.717, 1.165) is 81.6 Å². The van der Waals surface area contributed by atoms with Gasteiger partial charge in [-0.15, -0.1) is 0 Å². The number of aromatic nitrogens is 2. The van der Waals surface area contributed by atoms with Gasteiger partial charge in [0.2, 0.25) is 0 Å². The van der Waals surface area contributed by atoms with Crippen molar-refractivity contribution >= 4 is 58.1 Å². The van der Waals surface area contributed by atoms with Crippen molar-refractivity contribution in [2.75, 3.05) is 111 Å². The molecular weight excluding hydrogens is 861 g/mol. The summed E-state index contributed by atoms with van der Waals surface area (Å²) in [5.41, 5.74) is 18.5. The average Bonchev–Trinajstić information content (AvgIpc) is 3.33. The number of aliphatic carboxylic acids is 1. The zero-order valence-electron chi connectivity index (χ0n) is 40.9. The molecule has 0 aliphatic carbocycles. The molecule has 4 aliphatic heterocycles. The Morgan fingerprint density at radius 2 is 1.18 bits per heavy atom. The van der Waals surface area contributed by atoms with Gasteiger partial charge >= 0.3 is 23.7 Å². The van der Waals surface area contributed by atoms with Crippen LogP contribution in [0.15, 0.2) is 73.1 Å². The standard InChI is InChI=1S/C25H34N6O2.C18H29N3.C8H9N3O3/c1-17-7-8-22(19-5-4-6-21(14-19)30-11-9-29(3)10-12-30)31(16-17)25(33)24(32)28-20-13-18(2)23(26)27-15-20;1-14-11-18(19-13-15(14)2)16-5-4-6-17(12-16)21-9-7-20(3)8-10-21;1-4-2-5(3-10-6(4)9)11-7(12)8(13)14/h4-6,13-15,17,22H,7-12,16H2,1-3H3,(H2,26,27)(H,28,32);4-6,12,14-15,18-19H,7-11,13H2,1-3H3;2-3H,1H3,(H2,9,10)(H,11,12)(H,13,14)/t17-,22+;;/m0../s1. The molecule has 2 aromatic carbocycles. The Morgan fingerprint density at radius 3 is 1.68 bits per heavy atom. The second-order valence-corrected chi connectivity index (χ2v) is 19.1. The van der Waals surface area contributed by atoms with E-state index in [4.69, 9.17) is 16.6 Å². The number of carboxylic acids is 1. The number of amides is 3. The van der Waals surface area contributed by atoms with E-state index in [1.807, 2.05) is 6.92 Å². The Labute approximate surface area is 401 Å². The largest absolute Gasteiger partial charge is 0.474 e. The van der Waals surface area contributed by atoms with Gasteiger partial charge in [0.25, 0.3) is 0 Å². The van der Waals surface area contributed by atoms with Crippen molar-refractivity contribution < 1.29 is 24.3 Å². The van der Waals surface area contributed by atoms with Crippen LogP contribution in [0.4, 0.5) is 34.4 Å². The monoisotopic (exact) mass is 933 g/mol. The summed E-state index contributed by atoms with van der Waals surface area (Å²) in [6, 6.07) is 21.3. The molecule has 17 heteroatoms. The zero-order valence-corrected chi connectivity index (χ0v) is 40.9. The van der Waals surface area contributed by atoms with Crippen LogP contribution >= 0.6 is 0 Å². The molecule has 8 N–H and O–H groups in total. The van der Waals surface area contributed by atoms with E-state index in [2.05, 4.69) is 129 Å². The van der Waals surface area contributed by atoms with E-state index in [1.165, 1.54) is 48.8 Å². The van der Waals surface area contributed by atoms with Gasteiger partial charge < -0.3 is 57.0 Å². The molecule has 4 fully saturated rings. The summed E-state index contributed by atoms with van der Waals surface area (Å²) in [5.74, 6) is -1.09. The Hall–Kier alpha value is -6.30. The molecule has 17 nitrogen and oxygen atoms in total. The highest BCUT2D eigenvalue weighted by atomic mass is 16.4. The molecule has 3 amide bonds. The molecule has 0 radical (unpaired) electrons. The lowest BCUT2D eigenvalue weighted by molar-refractivity contribution is -0.147. The van der Waals surface area contributed by atoms with Crippen LogP contribution in [-0.4, -0.2) is 133 Å². The summed E-state index contributed by atoms with van der Waals surface area (Å²) < 4.78 is 0. The maximum Gasteiger partial charge on any atom is 0.394 e. The molecule has 0 spiro atoms. The number of nitrogens with one attached hydrogen (secondary N) is 3. The number of nitrogens with zero attached hydrogens (tertiary/aromatic N) is 7. The molecule has 366 valence electrons. The third-order valence-electron chi connectivity index (χ3n) is 13.7. The number of nitrogens with two attached hydrogens (primary N) is 2. The van der Waals surface area contributed by atoms with Gasteiger partial charge in [-0.3, -0.25) is 14.4 Å². The SMILES string of the molecule is CC1CNC(c2cccc(N3CCN(C)CC3)c2)CC1C.Cc1cc(NC(=O)C(=O)N2C[C@@H](C)CC[C@@H]2c2cccc(N3CCN(C)CC3)c2)cnc1N.Cc1cc(NC(=O)C(=O)O)cnc1N. The number of rotatable bonds is 6. The Kier molecular flexibility index (Phi) is 17.8. The molecule has 3 unspecified atom stereocenters. The van der Waals surface area contributed by atoms with Crippen LogP contribution < -0.4 is 37.2 Å². The van der Waals surface area contributed by atoms with E-state index in [0.29, 0.717) is 47.1 Å². The first-order chi connectivity index (χ1) is 32.4. The highest BCUT2D eigenvalue weighted by Crippen LogP contribution is 2.36. The van der Waals surface area contributed by atoms with Crippen LogP contribution in [0.1, 0.15) is 74.4 Å². The number of benzene rings is 2. The van der Waals surface area contributed by atoms with Gasteiger partial charge in [-0.25, -0.2) is 14.8 Å². The first-order valence-electron chi connectivity index (χ1n) is 23.9. The number of carbonyl (C=O) groups is 4. The fourth-order valence-electron chi connectivity index (χ4n) is 9.00. The topological polar surface area (TPSA) is 219 Å². The minimum atomic E-state index is -1.54. The minimum absolute atomic E-state index is 0.113. The molecule has 2 aromatic heterocycles. The summed E-state index contributed by atoms with van der Waals surface area (Å²) in [6.07, 6.45) is 5.89. The maximum atomic E-state index is 13.3. The van der Waals surface area contributed by atoms with Crippen molar-refractivity contribution in [3.05, 3.63) is 95.3 Å². The van der Waals surface area contributed by atoms with Crippen LogP contribution in [0, 0.1) is 31.6 Å². The van der Waals surface area contributed by atoms with Crippen LogP contribution in [0.25, 0.3) is 0 Å². The number of piperidine rings is 2. The van der Waals surface area contributed by atoms with E-state index in [1.54, 1.807) is 24.0 Å². The molecule has 68 heavy (non-hydrogen) atoms. The average molecular weight is 933 g/mol.